The molecule has 0 saturated heterocycles. The van der Waals surface area contributed by atoms with E-state index < -0.39 is 0 Å². The molecule has 0 aromatic heterocycles. The van der Waals surface area contributed by atoms with Gasteiger partial charge in [-0.3, -0.25) is 0 Å². The zero-order valence-electron chi connectivity index (χ0n) is 7.05. The van der Waals surface area contributed by atoms with Crippen LogP contribution < -0.4 is 0 Å². The molecular weight excluding hydrogens is 140 g/mol. The first kappa shape index (κ1) is 12.3. The molecule has 0 fully saturated rings. The van der Waals surface area contributed by atoms with Crippen molar-refractivity contribution >= 4 is 11.8 Å². The lowest BCUT2D eigenvalue weighted by Crippen LogP contribution is -1.57. The number of allylic oxidation sites excluding steroid dienone is 3. The molecule has 0 atom stereocenters. The third kappa shape index (κ3) is 10.5. The van der Waals surface area contributed by atoms with Crippen LogP contribution in [0.2, 0.25) is 0 Å². The summed E-state index contributed by atoms with van der Waals surface area (Å²) in [7, 11) is 0. The van der Waals surface area contributed by atoms with E-state index in [2.05, 4.69) is 13.2 Å². The summed E-state index contributed by atoms with van der Waals surface area (Å²) in [5, 5.41) is 1.80. The van der Waals surface area contributed by atoms with E-state index in [0.717, 1.165) is 0 Å². The van der Waals surface area contributed by atoms with Crippen LogP contribution in [0.5, 0.6) is 0 Å². The molecule has 0 N–H and O–H groups in total. The van der Waals surface area contributed by atoms with Gasteiger partial charge in [-0.15, -0.1) is 11.8 Å². The second-order valence-electron chi connectivity index (χ2n) is 1.30. The van der Waals surface area contributed by atoms with Crippen LogP contribution in [-0.4, -0.2) is 0 Å². The second-order valence-corrected chi connectivity index (χ2v) is 2.51. The van der Waals surface area contributed by atoms with Crippen LogP contribution in [0.1, 0.15) is 20.8 Å². The average molecular weight is 156 g/mol. The maximum atomic E-state index is 3.57. The zero-order valence-corrected chi connectivity index (χ0v) is 7.87. The van der Waals surface area contributed by atoms with Crippen molar-refractivity contribution in [2.45, 2.75) is 20.8 Å². The van der Waals surface area contributed by atoms with E-state index in [-0.39, 0.29) is 0 Å². The van der Waals surface area contributed by atoms with Crippen molar-refractivity contribution in [3.05, 3.63) is 35.6 Å². The quantitative estimate of drug-likeness (QED) is 0.557. The first-order valence-electron chi connectivity index (χ1n) is 3.38. The van der Waals surface area contributed by atoms with E-state index in [1.165, 1.54) is 4.91 Å². The van der Waals surface area contributed by atoms with Crippen LogP contribution in [-0.2, 0) is 0 Å². The number of thioether (sulfide) groups is 1. The van der Waals surface area contributed by atoms with Crippen LogP contribution in [0.4, 0.5) is 0 Å². The third-order valence-corrected chi connectivity index (χ3v) is 1.30. The van der Waals surface area contributed by atoms with Crippen molar-refractivity contribution in [2.24, 2.45) is 0 Å². The molecule has 58 valence electrons. The summed E-state index contributed by atoms with van der Waals surface area (Å²) in [6.07, 6.45) is 3.72. The van der Waals surface area contributed by atoms with Crippen LogP contribution >= 0.6 is 11.8 Å². The van der Waals surface area contributed by atoms with Gasteiger partial charge in [0.2, 0.25) is 0 Å². The highest BCUT2D eigenvalue weighted by atomic mass is 32.2. The number of rotatable bonds is 3. The van der Waals surface area contributed by atoms with Gasteiger partial charge in [0, 0.05) is 0 Å². The van der Waals surface area contributed by atoms with E-state index in [9.17, 15) is 0 Å². The Morgan fingerprint density at radius 2 is 1.80 bits per heavy atom. The fourth-order valence-electron chi connectivity index (χ4n) is 0.337. The van der Waals surface area contributed by atoms with Gasteiger partial charge in [-0.2, -0.15) is 0 Å². The summed E-state index contributed by atoms with van der Waals surface area (Å²) in [6.45, 7) is 13.2. The second kappa shape index (κ2) is 11.4. The van der Waals surface area contributed by atoms with Crippen LogP contribution in [0.25, 0.3) is 0 Å². The van der Waals surface area contributed by atoms with Gasteiger partial charge in [-0.25, -0.2) is 0 Å². The van der Waals surface area contributed by atoms with Crippen LogP contribution in [0.3, 0.4) is 0 Å². The van der Waals surface area contributed by atoms with Crippen LogP contribution in [0.15, 0.2) is 35.6 Å². The molecule has 10 heavy (non-hydrogen) atoms. The zero-order chi connectivity index (χ0) is 8.41. The predicted molar refractivity (Wildman–Crippen MR) is 53.1 cm³/mol. The molecule has 0 heterocycles. The van der Waals surface area contributed by atoms with Crippen molar-refractivity contribution in [2.75, 3.05) is 0 Å². The first-order chi connectivity index (χ1) is 4.81. The molecule has 0 radical (unpaired) electrons. The van der Waals surface area contributed by atoms with Gasteiger partial charge >= 0.3 is 0 Å². The molecule has 0 aliphatic heterocycles. The fraction of sp³-hybridized carbons (Fsp3) is 0.333. The van der Waals surface area contributed by atoms with E-state index >= 15 is 0 Å². The molecule has 0 spiro atoms. The Balaban J connectivity index is 0. The summed E-state index contributed by atoms with van der Waals surface area (Å²) >= 11 is 1.61. The van der Waals surface area contributed by atoms with Gasteiger partial charge in [0.15, 0.2) is 0 Å². The highest BCUT2D eigenvalue weighted by molar-refractivity contribution is 8.05. The van der Waals surface area contributed by atoms with Crippen LogP contribution in [0, 0.1) is 0 Å². The lowest BCUT2D eigenvalue weighted by molar-refractivity contribution is 1.50. The standard InChI is InChI=1S/C7H10S.C2H6/c1-4-6-7(3)8-5-2;1-2/h4-6H,1-2H2,3H3;1-2H3/b7-6-;. The topological polar surface area (TPSA) is 0 Å². The molecule has 0 saturated carbocycles. The smallest absolute Gasteiger partial charge is 0.0140 e. The fourth-order valence-corrected chi connectivity index (χ4v) is 0.774. The van der Waals surface area contributed by atoms with Gasteiger partial charge < -0.3 is 0 Å². The maximum Gasteiger partial charge on any atom is -0.0140 e. The normalized spacial score (nSPS) is 9.30. The molecule has 0 nitrogen and oxygen atoms in total. The lowest BCUT2D eigenvalue weighted by Gasteiger charge is -1.87. The molecule has 0 amide bonds. The summed E-state index contributed by atoms with van der Waals surface area (Å²) in [6, 6.07) is 0. The molecule has 0 aliphatic carbocycles. The van der Waals surface area contributed by atoms with Crippen molar-refractivity contribution in [1.82, 2.24) is 0 Å². The van der Waals surface area contributed by atoms with Gasteiger partial charge in [-0.05, 0) is 17.2 Å². The molecule has 0 aromatic rings. The Morgan fingerprint density at radius 1 is 1.30 bits per heavy atom. The monoisotopic (exact) mass is 156 g/mol. The Hall–Kier alpha value is -0.430. The minimum Gasteiger partial charge on any atom is -0.103 e. The number of hydrogen-bond donors (Lipinski definition) is 0. The van der Waals surface area contributed by atoms with Crippen molar-refractivity contribution in [3.63, 3.8) is 0 Å². The Kier molecular flexibility index (Phi) is 14.0. The van der Waals surface area contributed by atoms with Crippen molar-refractivity contribution in [3.8, 4) is 0 Å². The van der Waals surface area contributed by atoms with E-state index in [1.54, 1.807) is 23.2 Å². The Labute approximate surface area is 68.7 Å². The highest BCUT2D eigenvalue weighted by Crippen LogP contribution is 2.13. The molecule has 0 aromatic carbocycles. The van der Waals surface area contributed by atoms with Gasteiger partial charge in [0.05, 0.1) is 0 Å². The van der Waals surface area contributed by atoms with Gasteiger partial charge in [-0.1, -0.05) is 39.2 Å². The third-order valence-electron chi connectivity index (χ3n) is 0.622. The van der Waals surface area contributed by atoms with E-state index in [0.29, 0.717) is 0 Å². The van der Waals surface area contributed by atoms with E-state index in [4.69, 9.17) is 0 Å². The highest BCUT2D eigenvalue weighted by Gasteiger charge is 1.78. The molecule has 0 rings (SSSR count). The van der Waals surface area contributed by atoms with Gasteiger partial charge in [0.25, 0.3) is 0 Å². The summed E-state index contributed by atoms with van der Waals surface area (Å²) < 4.78 is 0. The number of hydrogen-bond acceptors (Lipinski definition) is 1. The molecule has 0 unspecified atom stereocenters. The lowest BCUT2D eigenvalue weighted by atomic mass is 10.5. The van der Waals surface area contributed by atoms with E-state index in [1.807, 2.05) is 26.8 Å². The molecule has 0 aliphatic rings. The minimum atomic E-state index is 1.22. The van der Waals surface area contributed by atoms with Crippen molar-refractivity contribution in [1.29, 1.82) is 0 Å². The van der Waals surface area contributed by atoms with Crippen molar-refractivity contribution < 1.29 is 0 Å². The van der Waals surface area contributed by atoms with Gasteiger partial charge in [0.1, 0.15) is 0 Å². The predicted octanol–water partition coefficient (Wildman–Crippen LogP) is 3.98. The summed E-state index contributed by atoms with van der Waals surface area (Å²) in [5.41, 5.74) is 0. The Bertz CT molecular complexity index is 112. The average Bonchev–Trinajstić information content (AvgIpc) is 1.93. The Morgan fingerprint density at radius 3 is 2.10 bits per heavy atom. The maximum absolute atomic E-state index is 3.57. The SMILES string of the molecule is C=C/C=C(/C)SC=C.CC. The molecule has 0 bridgehead atoms. The summed E-state index contributed by atoms with van der Waals surface area (Å²) in [4.78, 5) is 1.22. The first-order valence-corrected chi connectivity index (χ1v) is 4.26. The minimum absolute atomic E-state index is 1.22. The largest absolute Gasteiger partial charge is 0.103 e. The summed E-state index contributed by atoms with van der Waals surface area (Å²) in [5.74, 6) is 0. The molecular formula is C9H16S. The molecule has 1 heteroatoms.